The van der Waals surface area contributed by atoms with E-state index in [9.17, 15) is 0 Å². The second-order valence-corrected chi connectivity index (χ2v) is 6.38. The summed E-state index contributed by atoms with van der Waals surface area (Å²) in [7, 11) is 1.67. The fraction of sp³-hybridized carbons (Fsp3) is 0.125. The van der Waals surface area contributed by atoms with Gasteiger partial charge in [-0.15, -0.1) is 0 Å². The Morgan fingerprint density at radius 1 is 0.821 bits per heavy atom. The van der Waals surface area contributed by atoms with Crippen LogP contribution < -0.4 is 9.47 Å². The smallest absolute Gasteiger partial charge is 0.133 e. The largest absolute Gasteiger partial charge is 0.497 e. The first kappa shape index (κ1) is 17.9. The number of hydrogen-bond acceptors (Lipinski definition) is 3. The Hall–Kier alpha value is -3.53. The van der Waals surface area contributed by atoms with E-state index >= 15 is 0 Å². The number of methoxy groups -OCH3 is 1. The molecule has 0 amide bonds. The summed E-state index contributed by atoms with van der Waals surface area (Å²) < 4.78 is 13.3. The maximum absolute atomic E-state index is 5.88. The van der Waals surface area contributed by atoms with Gasteiger partial charge in [-0.3, -0.25) is 0 Å². The standard InChI is InChI=1S/C24H22N2O2/c1-27-20-14-11-19(12-15-20)13-16-24-25-22-9-5-6-10-23(22)26(24)17-18-28-21-7-3-2-4-8-21/h2-16H,17-18H2,1H3/b16-13+. The molecule has 0 unspecified atom stereocenters. The average molecular weight is 370 g/mol. The van der Waals surface area contributed by atoms with E-state index in [0.29, 0.717) is 6.61 Å². The van der Waals surface area contributed by atoms with E-state index in [4.69, 9.17) is 14.5 Å². The Bertz CT molecular complexity index is 1070. The number of ether oxygens (including phenoxy) is 2. The van der Waals surface area contributed by atoms with Crippen LogP contribution >= 0.6 is 0 Å². The average Bonchev–Trinajstić information content (AvgIpc) is 3.11. The van der Waals surface area contributed by atoms with E-state index in [1.54, 1.807) is 7.11 Å². The van der Waals surface area contributed by atoms with Crippen molar-refractivity contribution in [2.75, 3.05) is 13.7 Å². The normalized spacial score (nSPS) is 11.2. The zero-order valence-corrected chi connectivity index (χ0v) is 15.8. The van der Waals surface area contributed by atoms with Crippen LogP contribution in [0.2, 0.25) is 0 Å². The zero-order valence-electron chi connectivity index (χ0n) is 15.8. The molecule has 3 aromatic carbocycles. The highest BCUT2D eigenvalue weighted by atomic mass is 16.5. The third-order valence-corrected chi connectivity index (χ3v) is 4.55. The molecule has 0 atom stereocenters. The minimum atomic E-state index is 0.577. The van der Waals surface area contributed by atoms with E-state index in [-0.39, 0.29) is 0 Å². The Labute approximate surface area is 164 Å². The summed E-state index contributed by atoms with van der Waals surface area (Å²) in [5.41, 5.74) is 3.19. The lowest BCUT2D eigenvalue weighted by atomic mass is 10.2. The second kappa shape index (κ2) is 8.44. The predicted molar refractivity (Wildman–Crippen MR) is 114 cm³/mol. The minimum absolute atomic E-state index is 0.577. The van der Waals surface area contributed by atoms with E-state index in [0.717, 1.165) is 40.5 Å². The minimum Gasteiger partial charge on any atom is -0.497 e. The Balaban J connectivity index is 1.56. The molecule has 0 N–H and O–H groups in total. The number of hydrogen-bond donors (Lipinski definition) is 0. The first-order chi connectivity index (χ1) is 13.8. The number of para-hydroxylation sites is 3. The summed E-state index contributed by atoms with van der Waals surface area (Å²) in [6, 6.07) is 26.0. The molecule has 0 radical (unpaired) electrons. The summed E-state index contributed by atoms with van der Waals surface area (Å²) >= 11 is 0. The van der Waals surface area contributed by atoms with Gasteiger partial charge in [0.1, 0.15) is 23.9 Å². The summed E-state index contributed by atoms with van der Waals surface area (Å²) in [6.45, 7) is 1.30. The van der Waals surface area contributed by atoms with E-state index in [2.05, 4.69) is 16.7 Å². The molecule has 4 nitrogen and oxygen atoms in total. The van der Waals surface area contributed by atoms with Crippen LogP contribution in [0, 0.1) is 0 Å². The van der Waals surface area contributed by atoms with Crippen molar-refractivity contribution in [3.05, 3.63) is 90.3 Å². The number of benzene rings is 3. The van der Waals surface area contributed by atoms with Gasteiger partial charge >= 0.3 is 0 Å². The van der Waals surface area contributed by atoms with Crippen LogP contribution in [0.25, 0.3) is 23.2 Å². The fourth-order valence-electron chi connectivity index (χ4n) is 3.11. The van der Waals surface area contributed by atoms with Crippen molar-refractivity contribution >= 4 is 23.2 Å². The van der Waals surface area contributed by atoms with Crippen molar-refractivity contribution in [3.63, 3.8) is 0 Å². The lowest BCUT2D eigenvalue weighted by molar-refractivity contribution is 0.300. The summed E-state index contributed by atoms with van der Waals surface area (Å²) in [4.78, 5) is 4.78. The van der Waals surface area contributed by atoms with Crippen LogP contribution in [0.1, 0.15) is 11.4 Å². The number of aromatic nitrogens is 2. The van der Waals surface area contributed by atoms with E-state index in [1.807, 2.05) is 78.9 Å². The van der Waals surface area contributed by atoms with Gasteiger partial charge in [0, 0.05) is 0 Å². The van der Waals surface area contributed by atoms with Crippen molar-refractivity contribution < 1.29 is 9.47 Å². The lowest BCUT2D eigenvalue weighted by Crippen LogP contribution is -2.09. The van der Waals surface area contributed by atoms with Crippen LogP contribution in [-0.4, -0.2) is 23.3 Å². The molecule has 0 bridgehead atoms. The highest BCUT2D eigenvalue weighted by Gasteiger charge is 2.08. The molecule has 0 spiro atoms. The molecule has 4 heteroatoms. The van der Waals surface area contributed by atoms with Crippen LogP contribution in [-0.2, 0) is 6.54 Å². The summed E-state index contributed by atoms with van der Waals surface area (Å²) in [5, 5.41) is 0. The quantitative estimate of drug-likeness (QED) is 0.443. The van der Waals surface area contributed by atoms with Gasteiger partial charge in [-0.1, -0.05) is 48.5 Å². The molecular formula is C24H22N2O2. The topological polar surface area (TPSA) is 36.3 Å². The van der Waals surface area contributed by atoms with Gasteiger partial charge in [-0.05, 0) is 48.0 Å². The Kier molecular flexibility index (Phi) is 5.38. The first-order valence-corrected chi connectivity index (χ1v) is 9.29. The van der Waals surface area contributed by atoms with Crippen LogP contribution in [0.3, 0.4) is 0 Å². The van der Waals surface area contributed by atoms with Gasteiger partial charge in [-0.2, -0.15) is 0 Å². The number of imidazole rings is 1. The first-order valence-electron chi connectivity index (χ1n) is 9.29. The Morgan fingerprint density at radius 2 is 1.57 bits per heavy atom. The van der Waals surface area contributed by atoms with Gasteiger partial charge in [0.2, 0.25) is 0 Å². The molecule has 140 valence electrons. The van der Waals surface area contributed by atoms with Crippen LogP contribution in [0.5, 0.6) is 11.5 Å². The lowest BCUT2D eigenvalue weighted by Gasteiger charge is -2.09. The fourth-order valence-corrected chi connectivity index (χ4v) is 3.11. The van der Waals surface area contributed by atoms with Gasteiger partial charge in [0.15, 0.2) is 0 Å². The third-order valence-electron chi connectivity index (χ3n) is 4.55. The van der Waals surface area contributed by atoms with Crippen molar-refractivity contribution in [1.82, 2.24) is 9.55 Å². The Morgan fingerprint density at radius 3 is 2.36 bits per heavy atom. The molecule has 0 aliphatic rings. The van der Waals surface area contributed by atoms with Gasteiger partial charge in [-0.25, -0.2) is 4.98 Å². The third kappa shape index (κ3) is 4.07. The highest BCUT2D eigenvalue weighted by Crippen LogP contribution is 2.19. The molecule has 1 aromatic heterocycles. The summed E-state index contributed by atoms with van der Waals surface area (Å²) in [6.07, 6.45) is 4.11. The molecule has 0 saturated heterocycles. The SMILES string of the molecule is COc1ccc(/C=C/c2nc3ccccc3n2CCOc2ccccc2)cc1. The van der Waals surface area contributed by atoms with Crippen molar-refractivity contribution in [1.29, 1.82) is 0 Å². The molecule has 0 fully saturated rings. The maximum atomic E-state index is 5.88. The molecule has 4 aromatic rings. The van der Waals surface area contributed by atoms with Crippen molar-refractivity contribution in [2.45, 2.75) is 6.54 Å². The number of rotatable bonds is 7. The van der Waals surface area contributed by atoms with Crippen LogP contribution in [0.4, 0.5) is 0 Å². The number of nitrogens with zero attached hydrogens (tertiary/aromatic N) is 2. The molecular weight excluding hydrogens is 348 g/mol. The monoisotopic (exact) mass is 370 g/mol. The van der Waals surface area contributed by atoms with Gasteiger partial charge in [0.05, 0.1) is 24.7 Å². The van der Waals surface area contributed by atoms with Crippen LogP contribution in [0.15, 0.2) is 78.9 Å². The zero-order chi connectivity index (χ0) is 19.2. The van der Waals surface area contributed by atoms with Crippen molar-refractivity contribution in [2.24, 2.45) is 0 Å². The second-order valence-electron chi connectivity index (χ2n) is 6.38. The maximum Gasteiger partial charge on any atom is 0.133 e. The number of fused-ring (bicyclic) bond motifs is 1. The highest BCUT2D eigenvalue weighted by molar-refractivity contribution is 5.79. The van der Waals surface area contributed by atoms with Gasteiger partial charge < -0.3 is 14.0 Å². The molecule has 0 aliphatic heterocycles. The summed E-state index contributed by atoms with van der Waals surface area (Å²) in [5.74, 6) is 2.64. The van der Waals surface area contributed by atoms with E-state index in [1.165, 1.54) is 0 Å². The molecule has 1 heterocycles. The van der Waals surface area contributed by atoms with E-state index < -0.39 is 0 Å². The van der Waals surface area contributed by atoms with Crippen molar-refractivity contribution in [3.8, 4) is 11.5 Å². The predicted octanol–water partition coefficient (Wildman–Crippen LogP) is 5.29. The molecule has 0 aliphatic carbocycles. The molecule has 28 heavy (non-hydrogen) atoms. The van der Waals surface area contributed by atoms with Gasteiger partial charge in [0.25, 0.3) is 0 Å². The molecule has 0 saturated carbocycles. The molecule has 4 rings (SSSR count).